The Morgan fingerprint density at radius 3 is 3.00 bits per heavy atom. The van der Waals surface area contributed by atoms with Crippen molar-refractivity contribution in [2.45, 2.75) is 24.8 Å². The first kappa shape index (κ1) is 11.8. The second-order valence-corrected chi connectivity index (χ2v) is 5.76. The second-order valence-electron chi connectivity index (χ2n) is 4.73. The van der Waals surface area contributed by atoms with Crippen LogP contribution in [0.1, 0.15) is 22.8 Å². The summed E-state index contributed by atoms with van der Waals surface area (Å²) in [7, 11) is 0. The summed E-state index contributed by atoms with van der Waals surface area (Å²) in [6, 6.07) is 12.7. The van der Waals surface area contributed by atoms with Gasteiger partial charge in [0.15, 0.2) is 0 Å². The number of hydrogen-bond donors (Lipinski definition) is 1. The van der Waals surface area contributed by atoms with Gasteiger partial charge in [-0.05, 0) is 35.9 Å². The van der Waals surface area contributed by atoms with Crippen LogP contribution in [0.5, 0.6) is 5.75 Å². The van der Waals surface area contributed by atoms with Gasteiger partial charge in [-0.15, -0.1) is 11.3 Å². The van der Waals surface area contributed by atoms with E-state index in [1.54, 1.807) is 11.3 Å². The largest absolute Gasteiger partial charge is 0.493 e. The van der Waals surface area contributed by atoms with Gasteiger partial charge < -0.3 is 10.5 Å². The summed E-state index contributed by atoms with van der Waals surface area (Å²) in [4.78, 5) is 1.37. The van der Waals surface area contributed by atoms with Gasteiger partial charge in [0.2, 0.25) is 0 Å². The SMILES string of the molecule is NC(Cc1cccs1)C1CCOc2ccccc21. The van der Waals surface area contributed by atoms with E-state index in [1.165, 1.54) is 10.4 Å². The minimum Gasteiger partial charge on any atom is -0.493 e. The van der Waals surface area contributed by atoms with Gasteiger partial charge in [-0.1, -0.05) is 24.3 Å². The number of nitrogens with two attached hydrogens (primary N) is 1. The average Bonchev–Trinajstić information content (AvgIpc) is 2.91. The molecule has 94 valence electrons. The smallest absolute Gasteiger partial charge is 0.122 e. The molecule has 0 bridgehead atoms. The Morgan fingerprint density at radius 1 is 1.28 bits per heavy atom. The highest BCUT2D eigenvalue weighted by Gasteiger charge is 2.26. The van der Waals surface area contributed by atoms with Gasteiger partial charge in [0, 0.05) is 16.8 Å². The molecule has 1 aromatic carbocycles. The molecule has 3 heteroatoms. The third kappa shape index (κ3) is 2.28. The molecule has 2 aromatic rings. The Labute approximate surface area is 111 Å². The van der Waals surface area contributed by atoms with Gasteiger partial charge in [0.25, 0.3) is 0 Å². The highest BCUT2D eigenvalue weighted by Crippen LogP contribution is 2.35. The minimum atomic E-state index is 0.175. The van der Waals surface area contributed by atoms with E-state index < -0.39 is 0 Å². The van der Waals surface area contributed by atoms with E-state index in [-0.39, 0.29) is 6.04 Å². The molecule has 2 N–H and O–H groups in total. The van der Waals surface area contributed by atoms with Gasteiger partial charge in [-0.25, -0.2) is 0 Å². The molecular formula is C15H17NOS. The lowest BCUT2D eigenvalue weighted by atomic mass is 9.85. The van der Waals surface area contributed by atoms with Crippen molar-refractivity contribution in [2.75, 3.05) is 6.61 Å². The lowest BCUT2D eigenvalue weighted by Crippen LogP contribution is -2.33. The van der Waals surface area contributed by atoms with Crippen molar-refractivity contribution in [3.63, 3.8) is 0 Å². The van der Waals surface area contributed by atoms with Gasteiger partial charge in [0.05, 0.1) is 6.61 Å². The first-order valence-electron chi connectivity index (χ1n) is 6.34. The zero-order valence-corrected chi connectivity index (χ0v) is 11.0. The maximum atomic E-state index is 6.41. The molecule has 0 saturated heterocycles. The molecule has 1 aromatic heterocycles. The fourth-order valence-corrected chi connectivity index (χ4v) is 3.40. The number of fused-ring (bicyclic) bond motifs is 1. The van der Waals surface area contributed by atoms with E-state index >= 15 is 0 Å². The fraction of sp³-hybridized carbons (Fsp3) is 0.333. The molecule has 18 heavy (non-hydrogen) atoms. The lowest BCUT2D eigenvalue weighted by molar-refractivity contribution is 0.255. The number of para-hydroxylation sites is 1. The maximum absolute atomic E-state index is 6.41. The van der Waals surface area contributed by atoms with Crippen LogP contribution in [-0.2, 0) is 6.42 Å². The van der Waals surface area contributed by atoms with Crippen LogP contribution < -0.4 is 10.5 Å². The minimum absolute atomic E-state index is 0.175. The van der Waals surface area contributed by atoms with Crippen LogP contribution in [0, 0.1) is 0 Å². The second kappa shape index (κ2) is 5.12. The van der Waals surface area contributed by atoms with Crippen molar-refractivity contribution in [3.8, 4) is 5.75 Å². The molecule has 1 aliphatic heterocycles. The summed E-state index contributed by atoms with van der Waals surface area (Å²) in [6.07, 6.45) is 1.97. The van der Waals surface area contributed by atoms with Gasteiger partial charge >= 0.3 is 0 Å². The standard InChI is InChI=1S/C15H17NOS/c16-14(10-11-4-3-9-18-11)12-7-8-17-15-6-2-1-5-13(12)15/h1-6,9,12,14H,7-8,10,16H2. The summed E-state index contributed by atoms with van der Waals surface area (Å²) in [6.45, 7) is 0.778. The maximum Gasteiger partial charge on any atom is 0.122 e. The molecule has 2 heterocycles. The Kier molecular flexibility index (Phi) is 3.35. The van der Waals surface area contributed by atoms with E-state index in [0.717, 1.165) is 25.2 Å². The van der Waals surface area contributed by atoms with Crippen LogP contribution in [0.25, 0.3) is 0 Å². The predicted octanol–water partition coefficient (Wildman–Crippen LogP) is 3.18. The van der Waals surface area contributed by atoms with Crippen molar-refractivity contribution >= 4 is 11.3 Å². The lowest BCUT2D eigenvalue weighted by Gasteiger charge is -2.30. The van der Waals surface area contributed by atoms with Crippen LogP contribution in [0.3, 0.4) is 0 Å². The molecule has 0 radical (unpaired) electrons. The highest BCUT2D eigenvalue weighted by molar-refractivity contribution is 7.09. The van der Waals surface area contributed by atoms with Gasteiger partial charge in [0.1, 0.15) is 5.75 Å². The zero-order chi connectivity index (χ0) is 12.4. The number of ether oxygens (including phenoxy) is 1. The summed E-state index contributed by atoms with van der Waals surface area (Å²) < 4.78 is 5.69. The third-order valence-electron chi connectivity index (χ3n) is 3.54. The van der Waals surface area contributed by atoms with E-state index in [4.69, 9.17) is 10.5 Å². The number of rotatable bonds is 3. The monoisotopic (exact) mass is 259 g/mol. The molecule has 0 aliphatic carbocycles. The van der Waals surface area contributed by atoms with Crippen molar-refractivity contribution in [3.05, 3.63) is 52.2 Å². The molecule has 0 amide bonds. The Balaban J connectivity index is 1.80. The highest BCUT2D eigenvalue weighted by atomic mass is 32.1. The van der Waals surface area contributed by atoms with Crippen LogP contribution in [-0.4, -0.2) is 12.6 Å². The molecular weight excluding hydrogens is 242 g/mol. The van der Waals surface area contributed by atoms with E-state index in [9.17, 15) is 0 Å². The number of benzene rings is 1. The fourth-order valence-electron chi connectivity index (χ4n) is 2.62. The summed E-state index contributed by atoms with van der Waals surface area (Å²) in [5.41, 5.74) is 7.68. The van der Waals surface area contributed by atoms with Crippen molar-refractivity contribution in [2.24, 2.45) is 5.73 Å². The molecule has 0 spiro atoms. The average molecular weight is 259 g/mol. The van der Waals surface area contributed by atoms with E-state index in [0.29, 0.717) is 5.92 Å². The van der Waals surface area contributed by atoms with E-state index in [2.05, 4.69) is 29.6 Å². The van der Waals surface area contributed by atoms with Crippen molar-refractivity contribution < 1.29 is 4.74 Å². The summed E-state index contributed by atoms with van der Waals surface area (Å²) >= 11 is 1.79. The van der Waals surface area contributed by atoms with Crippen molar-refractivity contribution in [1.29, 1.82) is 0 Å². The van der Waals surface area contributed by atoms with Crippen LogP contribution >= 0.6 is 11.3 Å². The Hall–Kier alpha value is -1.32. The van der Waals surface area contributed by atoms with Crippen molar-refractivity contribution in [1.82, 2.24) is 0 Å². The zero-order valence-electron chi connectivity index (χ0n) is 10.2. The first-order valence-corrected chi connectivity index (χ1v) is 7.22. The molecule has 3 rings (SSSR count). The Morgan fingerprint density at radius 2 is 2.17 bits per heavy atom. The summed E-state index contributed by atoms with van der Waals surface area (Å²) in [5, 5.41) is 2.11. The summed E-state index contributed by atoms with van der Waals surface area (Å²) in [5.74, 6) is 1.42. The van der Waals surface area contributed by atoms with Crippen LogP contribution in [0.2, 0.25) is 0 Å². The van der Waals surface area contributed by atoms with Gasteiger partial charge in [-0.3, -0.25) is 0 Å². The topological polar surface area (TPSA) is 35.2 Å². The van der Waals surface area contributed by atoms with E-state index in [1.807, 2.05) is 12.1 Å². The van der Waals surface area contributed by atoms with Gasteiger partial charge in [-0.2, -0.15) is 0 Å². The number of hydrogen-bond acceptors (Lipinski definition) is 3. The molecule has 2 atom stereocenters. The third-order valence-corrected chi connectivity index (χ3v) is 4.44. The molecule has 1 aliphatic rings. The molecule has 0 saturated carbocycles. The predicted molar refractivity (Wildman–Crippen MR) is 75.3 cm³/mol. The van der Waals surface area contributed by atoms with Crippen LogP contribution in [0.4, 0.5) is 0 Å². The normalized spacial score (nSPS) is 19.9. The Bertz CT molecular complexity index is 509. The molecule has 2 unspecified atom stereocenters. The molecule has 2 nitrogen and oxygen atoms in total. The quantitative estimate of drug-likeness (QED) is 0.918. The number of thiophene rings is 1. The first-order chi connectivity index (χ1) is 8.84. The molecule has 0 fully saturated rings. The van der Waals surface area contributed by atoms with Crippen LogP contribution in [0.15, 0.2) is 41.8 Å².